The number of aromatic nitrogens is 4. The molecule has 1 N–H and O–H groups in total. The third kappa shape index (κ3) is 2.76. The Morgan fingerprint density at radius 3 is 2.80 bits per heavy atom. The molecule has 4 rings (SSSR count). The number of rotatable bonds is 4. The number of nitrogens with one attached hydrogen (secondary N) is 1. The van der Waals surface area contributed by atoms with E-state index >= 15 is 0 Å². The second-order valence-electron chi connectivity index (χ2n) is 6.10. The van der Waals surface area contributed by atoms with Gasteiger partial charge in [-0.2, -0.15) is 15.2 Å². The number of nitriles is 1. The van der Waals surface area contributed by atoms with Crippen molar-refractivity contribution in [3.05, 3.63) is 36.4 Å². The van der Waals surface area contributed by atoms with Crippen LogP contribution in [-0.2, 0) is 0 Å². The van der Waals surface area contributed by atoms with Gasteiger partial charge in [0.15, 0.2) is 17.0 Å². The first kappa shape index (κ1) is 15.4. The Balaban J connectivity index is 1.82. The summed E-state index contributed by atoms with van der Waals surface area (Å²) in [6, 6.07) is 10.0. The maximum absolute atomic E-state index is 9.32. The minimum absolute atomic E-state index is 0.129. The monoisotopic (exact) mass is 334 g/mol. The van der Waals surface area contributed by atoms with Gasteiger partial charge in [-0.3, -0.25) is 0 Å². The summed E-state index contributed by atoms with van der Waals surface area (Å²) in [6.07, 6.45) is 6.48. The normalized spacial score (nSPS) is 14.6. The molecule has 0 saturated heterocycles. The van der Waals surface area contributed by atoms with E-state index in [1.165, 1.54) is 12.8 Å². The zero-order valence-electron chi connectivity index (χ0n) is 13.9. The van der Waals surface area contributed by atoms with Crippen molar-refractivity contribution in [2.24, 2.45) is 0 Å². The molecule has 0 radical (unpaired) electrons. The van der Waals surface area contributed by atoms with Gasteiger partial charge in [-0.15, -0.1) is 0 Å². The van der Waals surface area contributed by atoms with Gasteiger partial charge in [0, 0.05) is 6.04 Å². The summed E-state index contributed by atoms with van der Waals surface area (Å²) in [5.41, 5.74) is 2.14. The Hall–Kier alpha value is -3.14. The minimum Gasteiger partial charge on any atom is -0.495 e. The van der Waals surface area contributed by atoms with Crippen LogP contribution in [0.4, 0.5) is 11.5 Å². The topological polar surface area (TPSA) is 88.7 Å². The van der Waals surface area contributed by atoms with E-state index in [0.717, 1.165) is 18.5 Å². The molecule has 0 spiro atoms. The van der Waals surface area contributed by atoms with Crippen molar-refractivity contribution in [2.45, 2.75) is 31.7 Å². The van der Waals surface area contributed by atoms with Crippen molar-refractivity contribution >= 4 is 22.7 Å². The number of methoxy groups -OCH3 is 1. The van der Waals surface area contributed by atoms with Gasteiger partial charge in [0.2, 0.25) is 5.82 Å². The molecular weight excluding hydrogens is 316 g/mol. The molecule has 0 unspecified atom stereocenters. The maximum atomic E-state index is 9.32. The molecule has 1 aliphatic carbocycles. The number of imidazole rings is 1. The molecule has 7 nitrogen and oxygen atoms in total. The van der Waals surface area contributed by atoms with Gasteiger partial charge in [-0.05, 0) is 25.0 Å². The summed E-state index contributed by atoms with van der Waals surface area (Å²) in [5.74, 6) is 1.34. The summed E-state index contributed by atoms with van der Waals surface area (Å²) in [5, 5.41) is 12.6. The van der Waals surface area contributed by atoms with Crippen LogP contribution >= 0.6 is 0 Å². The van der Waals surface area contributed by atoms with Crippen molar-refractivity contribution in [1.29, 1.82) is 5.26 Å². The van der Waals surface area contributed by atoms with Crippen LogP contribution in [-0.4, -0.2) is 26.6 Å². The highest BCUT2D eigenvalue weighted by Crippen LogP contribution is 2.34. The average Bonchev–Trinajstić information content (AvgIpc) is 3.31. The molecule has 0 atom stereocenters. The van der Waals surface area contributed by atoms with Crippen molar-refractivity contribution in [3.63, 3.8) is 0 Å². The molecule has 2 heterocycles. The van der Waals surface area contributed by atoms with Crippen molar-refractivity contribution in [2.75, 3.05) is 12.4 Å². The number of para-hydroxylation sites is 2. The molecule has 0 bridgehead atoms. The fourth-order valence-corrected chi connectivity index (χ4v) is 3.38. The standard InChI is InChI=1S/C18H18N6O/c1-25-14-9-5-4-8-13(14)21-17-16-18(23-15(10-19)22-17)24(11-20-16)12-6-2-3-7-12/h4-5,8-9,11-12H,2-3,6-7H2,1H3,(H,21,22,23). The Labute approximate surface area is 145 Å². The molecule has 126 valence electrons. The zero-order valence-corrected chi connectivity index (χ0v) is 13.9. The van der Waals surface area contributed by atoms with Crippen LogP contribution in [0.15, 0.2) is 30.6 Å². The predicted octanol–water partition coefficient (Wildman–Crippen LogP) is 3.57. The molecule has 1 saturated carbocycles. The largest absolute Gasteiger partial charge is 0.495 e. The van der Waals surface area contributed by atoms with Crippen LogP contribution in [0.2, 0.25) is 0 Å². The quantitative estimate of drug-likeness (QED) is 0.784. The lowest BCUT2D eigenvalue weighted by molar-refractivity contribution is 0.417. The fraction of sp³-hybridized carbons (Fsp3) is 0.333. The number of hydrogen-bond acceptors (Lipinski definition) is 6. The molecule has 7 heteroatoms. The fourth-order valence-electron chi connectivity index (χ4n) is 3.38. The second kappa shape index (κ2) is 6.40. The van der Waals surface area contributed by atoms with Crippen LogP contribution in [0.25, 0.3) is 11.2 Å². The summed E-state index contributed by atoms with van der Waals surface area (Å²) in [7, 11) is 1.62. The second-order valence-corrected chi connectivity index (χ2v) is 6.10. The van der Waals surface area contributed by atoms with E-state index in [-0.39, 0.29) is 5.82 Å². The molecule has 1 aliphatic rings. The number of fused-ring (bicyclic) bond motifs is 1. The van der Waals surface area contributed by atoms with Gasteiger partial charge in [-0.1, -0.05) is 25.0 Å². The summed E-state index contributed by atoms with van der Waals surface area (Å²) >= 11 is 0. The van der Waals surface area contributed by atoms with E-state index < -0.39 is 0 Å². The molecule has 0 amide bonds. The van der Waals surface area contributed by atoms with E-state index in [9.17, 15) is 5.26 Å². The lowest BCUT2D eigenvalue weighted by Gasteiger charge is -2.13. The first-order chi connectivity index (χ1) is 12.3. The van der Waals surface area contributed by atoms with Gasteiger partial charge in [0.05, 0.1) is 19.1 Å². The molecule has 0 aliphatic heterocycles. The predicted molar refractivity (Wildman–Crippen MR) is 93.8 cm³/mol. The van der Waals surface area contributed by atoms with Crippen LogP contribution in [0, 0.1) is 11.3 Å². The van der Waals surface area contributed by atoms with Crippen LogP contribution in [0.1, 0.15) is 37.5 Å². The number of anilines is 2. The van der Waals surface area contributed by atoms with E-state index in [1.807, 2.05) is 36.7 Å². The maximum Gasteiger partial charge on any atom is 0.236 e. The number of hydrogen-bond donors (Lipinski definition) is 1. The van der Waals surface area contributed by atoms with Crippen LogP contribution in [0.3, 0.4) is 0 Å². The Kier molecular flexibility index (Phi) is 3.94. The minimum atomic E-state index is 0.129. The molecule has 1 aromatic carbocycles. The highest BCUT2D eigenvalue weighted by atomic mass is 16.5. The molecule has 2 aromatic heterocycles. The van der Waals surface area contributed by atoms with Gasteiger partial charge in [0.25, 0.3) is 0 Å². The highest BCUT2D eigenvalue weighted by Gasteiger charge is 2.22. The van der Waals surface area contributed by atoms with E-state index in [0.29, 0.717) is 28.8 Å². The van der Waals surface area contributed by atoms with Crippen LogP contribution in [0.5, 0.6) is 5.75 Å². The lowest BCUT2D eigenvalue weighted by atomic mass is 10.2. The number of ether oxygens (including phenoxy) is 1. The van der Waals surface area contributed by atoms with E-state index in [4.69, 9.17) is 4.74 Å². The number of benzene rings is 1. The van der Waals surface area contributed by atoms with Crippen LogP contribution < -0.4 is 10.1 Å². The smallest absolute Gasteiger partial charge is 0.236 e. The van der Waals surface area contributed by atoms with Gasteiger partial charge < -0.3 is 14.6 Å². The van der Waals surface area contributed by atoms with E-state index in [2.05, 4.69) is 24.8 Å². The third-order valence-electron chi connectivity index (χ3n) is 4.60. The molecule has 25 heavy (non-hydrogen) atoms. The molecule has 1 fully saturated rings. The lowest BCUT2D eigenvalue weighted by Crippen LogP contribution is -2.06. The molecular formula is C18H18N6O. The number of nitrogens with zero attached hydrogens (tertiary/aromatic N) is 5. The zero-order chi connectivity index (χ0) is 17.2. The van der Waals surface area contributed by atoms with Gasteiger partial charge in [-0.25, -0.2) is 4.98 Å². The Morgan fingerprint density at radius 1 is 1.24 bits per heavy atom. The van der Waals surface area contributed by atoms with E-state index in [1.54, 1.807) is 7.11 Å². The van der Waals surface area contributed by atoms with Crippen molar-refractivity contribution < 1.29 is 4.74 Å². The first-order valence-corrected chi connectivity index (χ1v) is 8.35. The first-order valence-electron chi connectivity index (χ1n) is 8.35. The third-order valence-corrected chi connectivity index (χ3v) is 4.60. The van der Waals surface area contributed by atoms with Gasteiger partial charge >= 0.3 is 0 Å². The van der Waals surface area contributed by atoms with Gasteiger partial charge in [0.1, 0.15) is 11.8 Å². The summed E-state index contributed by atoms with van der Waals surface area (Å²) < 4.78 is 7.46. The average molecular weight is 334 g/mol. The van der Waals surface area contributed by atoms with Crippen molar-refractivity contribution in [1.82, 2.24) is 19.5 Å². The summed E-state index contributed by atoms with van der Waals surface area (Å²) in [4.78, 5) is 13.2. The Morgan fingerprint density at radius 2 is 2.04 bits per heavy atom. The van der Waals surface area contributed by atoms with Crippen molar-refractivity contribution in [3.8, 4) is 11.8 Å². The Bertz CT molecular complexity index is 952. The molecule has 3 aromatic rings. The summed E-state index contributed by atoms with van der Waals surface area (Å²) in [6.45, 7) is 0. The SMILES string of the molecule is COc1ccccc1Nc1nc(C#N)nc2c1ncn2C1CCCC1. The highest BCUT2D eigenvalue weighted by molar-refractivity contribution is 5.86.